The summed E-state index contributed by atoms with van der Waals surface area (Å²) in [6, 6.07) is 4.10. The van der Waals surface area contributed by atoms with E-state index in [4.69, 9.17) is 4.74 Å². The van der Waals surface area contributed by atoms with Gasteiger partial charge in [-0.2, -0.15) is 0 Å². The second-order valence-corrected chi connectivity index (χ2v) is 8.62. The molecule has 4 rings (SSSR count). The van der Waals surface area contributed by atoms with E-state index < -0.39 is 0 Å². The van der Waals surface area contributed by atoms with Crippen molar-refractivity contribution in [3.8, 4) is 5.88 Å². The third-order valence-electron chi connectivity index (χ3n) is 6.18. The van der Waals surface area contributed by atoms with Crippen LogP contribution in [0.25, 0.3) is 0 Å². The predicted molar refractivity (Wildman–Crippen MR) is 113 cm³/mol. The number of aliphatic imine (C=N–C) groups is 1. The van der Waals surface area contributed by atoms with E-state index in [-0.39, 0.29) is 0 Å². The van der Waals surface area contributed by atoms with Crippen LogP contribution in [0.4, 0.5) is 0 Å². The summed E-state index contributed by atoms with van der Waals surface area (Å²) in [6.45, 7) is 7.60. The van der Waals surface area contributed by atoms with E-state index >= 15 is 0 Å². The van der Waals surface area contributed by atoms with Gasteiger partial charge in [0.15, 0.2) is 5.96 Å². The molecule has 3 aliphatic rings. The van der Waals surface area contributed by atoms with Crippen LogP contribution in [0.5, 0.6) is 5.88 Å². The highest BCUT2D eigenvalue weighted by molar-refractivity contribution is 5.80. The molecule has 3 fully saturated rings. The Morgan fingerprint density at radius 2 is 2.04 bits per heavy atom. The van der Waals surface area contributed by atoms with Gasteiger partial charge in [-0.3, -0.25) is 4.99 Å². The van der Waals surface area contributed by atoms with Crippen LogP contribution >= 0.6 is 0 Å². The van der Waals surface area contributed by atoms with Crippen molar-refractivity contribution in [2.45, 2.75) is 45.1 Å². The van der Waals surface area contributed by atoms with E-state index in [0.717, 1.165) is 49.9 Å². The van der Waals surface area contributed by atoms with Crippen LogP contribution in [-0.2, 0) is 6.54 Å². The largest absolute Gasteiger partial charge is 0.477 e. The summed E-state index contributed by atoms with van der Waals surface area (Å²) >= 11 is 0. The van der Waals surface area contributed by atoms with Gasteiger partial charge in [-0.05, 0) is 68.7 Å². The van der Waals surface area contributed by atoms with Crippen molar-refractivity contribution < 1.29 is 4.74 Å². The number of hydrogen-bond acceptors (Lipinski definition) is 4. The van der Waals surface area contributed by atoms with Crippen molar-refractivity contribution in [2.75, 3.05) is 46.4 Å². The Kier molecular flexibility index (Phi) is 6.68. The molecule has 6 nitrogen and oxygen atoms in total. The Hall–Kier alpha value is -1.82. The predicted octanol–water partition coefficient (Wildman–Crippen LogP) is 2.75. The molecule has 0 spiro atoms. The third-order valence-corrected chi connectivity index (χ3v) is 6.18. The summed E-state index contributed by atoms with van der Waals surface area (Å²) < 4.78 is 5.81. The monoisotopic (exact) mass is 385 g/mol. The number of ether oxygens (including phenoxy) is 1. The molecule has 3 heterocycles. The van der Waals surface area contributed by atoms with Crippen LogP contribution in [0.15, 0.2) is 23.3 Å². The quantitative estimate of drug-likeness (QED) is 0.578. The number of pyridine rings is 1. The van der Waals surface area contributed by atoms with Gasteiger partial charge in [0, 0.05) is 45.5 Å². The highest BCUT2D eigenvalue weighted by Crippen LogP contribution is 2.29. The first kappa shape index (κ1) is 19.5. The summed E-state index contributed by atoms with van der Waals surface area (Å²) in [4.78, 5) is 13.9. The maximum Gasteiger partial charge on any atom is 0.213 e. The second-order valence-electron chi connectivity index (χ2n) is 8.62. The van der Waals surface area contributed by atoms with E-state index in [0.29, 0.717) is 0 Å². The maximum atomic E-state index is 5.81. The molecular formula is C22H35N5O. The van der Waals surface area contributed by atoms with Gasteiger partial charge in [0.1, 0.15) is 0 Å². The SMILES string of the molecule is CN=C(NCc1ccnc(OCC2CC2)c1)N1CCC(CN2CCCCC2)C1. The molecule has 1 N–H and O–H groups in total. The lowest BCUT2D eigenvalue weighted by Gasteiger charge is -2.29. The van der Waals surface area contributed by atoms with E-state index in [1.54, 1.807) is 0 Å². The molecule has 1 saturated carbocycles. The molecule has 1 aliphatic carbocycles. The van der Waals surface area contributed by atoms with Crippen LogP contribution < -0.4 is 10.1 Å². The number of guanidine groups is 1. The average molecular weight is 386 g/mol. The van der Waals surface area contributed by atoms with Crippen LogP contribution in [0, 0.1) is 11.8 Å². The number of nitrogens with one attached hydrogen (secondary N) is 1. The second kappa shape index (κ2) is 9.59. The fourth-order valence-electron chi connectivity index (χ4n) is 4.32. The highest BCUT2D eigenvalue weighted by atomic mass is 16.5. The first-order chi connectivity index (χ1) is 13.8. The summed E-state index contributed by atoms with van der Waals surface area (Å²) in [5.41, 5.74) is 1.19. The number of rotatable bonds is 7. The molecule has 6 heteroatoms. The fraction of sp³-hybridized carbons (Fsp3) is 0.727. The molecule has 0 amide bonds. The molecule has 28 heavy (non-hydrogen) atoms. The van der Waals surface area contributed by atoms with Crippen LogP contribution in [0.1, 0.15) is 44.1 Å². The first-order valence-corrected chi connectivity index (χ1v) is 11.1. The minimum absolute atomic E-state index is 0.740. The Balaban J connectivity index is 1.23. The number of likely N-dealkylation sites (tertiary alicyclic amines) is 2. The number of nitrogens with zero attached hydrogens (tertiary/aromatic N) is 4. The van der Waals surface area contributed by atoms with Crippen LogP contribution in [0.2, 0.25) is 0 Å². The molecule has 154 valence electrons. The normalized spacial score (nSPS) is 23.8. The van der Waals surface area contributed by atoms with Crippen molar-refractivity contribution in [3.05, 3.63) is 23.9 Å². The molecule has 0 radical (unpaired) electrons. The lowest BCUT2D eigenvalue weighted by Crippen LogP contribution is -2.41. The molecule has 1 unspecified atom stereocenters. The van der Waals surface area contributed by atoms with Crippen molar-refractivity contribution in [1.82, 2.24) is 20.1 Å². The number of hydrogen-bond donors (Lipinski definition) is 1. The standard InChI is InChI=1S/C22H35N5O/c1-23-22(27-12-8-20(16-27)15-26-10-3-2-4-11-26)25-14-19-7-9-24-21(13-19)28-17-18-5-6-18/h7,9,13,18,20H,2-6,8,10-12,14-17H2,1H3,(H,23,25). The third kappa shape index (κ3) is 5.60. The Bertz CT molecular complexity index is 654. The number of aromatic nitrogens is 1. The zero-order chi connectivity index (χ0) is 19.2. The van der Waals surface area contributed by atoms with Gasteiger partial charge in [-0.1, -0.05) is 6.42 Å². The topological polar surface area (TPSA) is 53.0 Å². The fourth-order valence-corrected chi connectivity index (χ4v) is 4.32. The molecule has 1 atom stereocenters. The molecule has 0 bridgehead atoms. The smallest absolute Gasteiger partial charge is 0.213 e. The molecule has 1 aromatic rings. The van der Waals surface area contributed by atoms with E-state index in [1.165, 1.54) is 63.7 Å². The summed E-state index contributed by atoms with van der Waals surface area (Å²) in [6.07, 6.45) is 9.86. The average Bonchev–Trinajstić information content (AvgIpc) is 3.46. The van der Waals surface area contributed by atoms with Gasteiger partial charge in [0.25, 0.3) is 0 Å². The summed E-state index contributed by atoms with van der Waals surface area (Å²) in [5.74, 6) is 3.26. The molecular weight excluding hydrogens is 350 g/mol. The van der Waals surface area contributed by atoms with Crippen molar-refractivity contribution in [3.63, 3.8) is 0 Å². The van der Waals surface area contributed by atoms with Gasteiger partial charge in [0.05, 0.1) is 6.61 Å². The molecule has 1 aromatic heterocycles. The van der Waals surface area contributed by atoms with Crippen LogP contribution in [0.3, 0.4) is 0 Å². The summed E-state index contributed by atoms with van der Waals surface area (Å²) in [5, 5.41) is 3.54. The minimum atomic E-state index is 0.740. The van der Waals surface area contributed by atoms with Gasteiger partial charge in [-0.15, -0.1) is 0 Å². The number of piperidine rings is 1. The van der Waals surface area contributed by atoms with Gasteiger partial charge in [0.2, 0.25) is 5.88 Å². The van der Waals surface area contributed by atoms with E-state index in [2.05, 4.69) is 25.1 Å². The molecule has 0 aromatic carbocycles. The highest BCUT2D eigenvalue weighted by Gasteiger charge is 2.27. The van der Waals surface area contributed by atoms with Gasteiger partial charge in [-0.25, -0.2) is 4.98 Å². The zero-order valence-electron chi connectivity index (χ0n) is 17.3. The Labute approximate surface area is 169 Å². The van der Waals surface area contributed by atoms with E-state index in [1.807, 2.05) is 25.4 Å². The lowest BCUT2D eigenvalue weighted by atomic mass is 10.1. The Morgan fingerprint density at radius 3 is 2.82 bits per heavy atom. The Morgan fingerprint density at radius 1 is 1.18 bits per heavy atom. The van der Waals surface area contributed by atoms with Crippen LogP contribution in [-0.4, -0.2) is 67.1 Å². The minimum Gasteiger partial charge on any atom is -0.477 e. The van der Waals surface area contributed by atoms with Gasteiger partial charge < -0.3 is 19.9 Å². The first-order valence-electron chi connectivity index (χ1n) is 11.1. The molecule has 2 aliphatic heterocycles. The van der Waals surface area contributed by atoms with Crippen molar-refractivity contribution >= 4 is 5.96 Å². The maximum absolute atomic E-state index is 5.81. The molecule has 2 saturated heterocycles. The van der Waals surface area contributed by atoms with Crippen molar-refractivity contribution in [2.24, 2.45) is 16.8 Å². The summed E-state index contributed by atoms with van der Waals surface area (Å²) in [7, 11) is 1.89. The van der Waals surface area contributed by atoms with Crippen molar-refractivity contribution in [1.29, 1.82) is 0 Å². The zero-order valence-corrected chi connectivity index (χ0v) is 17.3. The van der Waals surface area contributed by atoms with E-state index in [9.17, 15) is 0 Å². The lowest BCUT2D eigenvalue weighted by molar-refractivity contribution is 0.198. The van der Waals surface area contributed by atoms with Gasteiger partial charge >= 0.3 is 0 Å².